The van der Waals surface area contributed by atoms with E-state index in [9.17, 15) is 0 Å². The second-order valence-corrected chi connectivity index (χ2v) is 1.70. The van der Waals surface area contributed by atoms with Crippen molar-refractivity contribution >= 4 is 32.5 Å². The summed E-state index contributed by atoms with van der Waals surface area (Å²) in [5, 5.41) is 9.63. The van der Waals surface area contributed by atoms with Crippen molar-refractivity contribution in [2.45, 2.75) is 0 Å². The lowest BCUT2D eigenvalue weighted by atomic mass is 10.8. The molecule has 0 saturated heterocycles. The van der Waals surface area contributed by atoms with Crippen LogP contribution in [0.2, 0.25) is 0 Å². The zero-order chi connectivity index (χ0) is 4.99. The number of hydrogen-bond acceptors (Lipinski definition) is 3. The van der Waals surface area contributed by atoms with Crippen LogP contribution in [0.4, 0.5) is 0 Å². The average molecular weight is 197 g/mol. The molecule has 6 heavy (non-hydrogen) atoms. The SMILES string of the molecule is N=CC(I)=NN. The van der Waals surface area contributed by atoms with Gasteiger partial charge >= 0.3 is 0 Å². The van der Waals surface area contributed by atoms with Crippen LogP contribution >= 0.6 is 22.6 Å². The Bertz CT molecular complexity index is 76.9. The Hall–Kier alpha value is -0.130. The van der Waals surface area contributed by atoms with E-state index in [0.717, 1.165) is 6.21 Å². The Labute approximate surface area is 49.3 Å². The molecule has 0 bridgehead atoms. The maximum atomic E-state index is 6.47. The summed E-state index contributed by atoms with van der Waals surface area (Å²) < 4.78 is 0.507. The van der Waals surface area contributed by atoms with Crippen LogP contribution in [-0.2, 0) is 0 Å². The highest BCUT2D eigenvalue weighted by atomic mass is 127. The van der Waals surface area contributed by atoms with Crippen LogP contribution in [0.15, 0.2) is 5.10 Å². The van der Waals surface area contributed by atoms with Crippen LogP contribution in [-0.4, -0.2) is 9.93 Å². The van der Waals surface area contributed by atoms with E-state index in [-0.39, 0.29) is 0 Å². The number of nitrogens with one attached hydrogen (secondary N) is 1. The second-order valence-electron chi connectivity index (χ2n) is 0.596. The molecule has 0 atom stereocenters. The fourth-order valence-electron chi connectivity index (χ4n) is 0.0373. The van der Waals surface area contributed by atoms with E-state index in [1.54, 1.807) is 0 Å². The van der Waals surface area contributed by atoms with Crippen molar-refractivity contribution in [1.29, 1.82) is 5.41 Å². The highest BCUT2D eigenvalue weighted by molar-refractivity contribution is 14.1. The van der Waals surface area contributed by atoms with Gasteiger partial charge in [0, 0.05) is 0 Å². The third-order valence-electron chi connectivity index (χ3n) is 0.242. The largest absolute Gasteiger partial charge is 0.322 e. The van der Waals surface area contributed by atoms with Crippen molar-refractivity contribution in [3.8, 4) is 0 Å². The lowest BCUT2D eigenvalue weighted by Gasteiger charge is -1.73. The molecule has 0 spiro atoms. The van der Waals surface area contributed by atoms with Gasteiger partial charge in [0.25, 0.3) is 0 Å². The molecule has 0 aliphatic rings. The molecular weight excluding hydrogens is 193 g/mol. The van der Waals surface area contributed by atoms with Gasteiger partial charge in [-0.1, -0.05) is 0 Å². The molecule has 0 amide bonds. The Kier molecular flexibility index (Phi) is 3.01. The van der Waals surface area contributed by atoms with E-state index in [1.807, 2.05) is 22.6 Å². The summed E-state index contributed by atoms with van der Waals surface area (Å²) in [5.74, 6) is 4.71. The molecule has 34 valence electrons. The minimum Gasteiger partial charge on any atom is -0.322 e. The number of halogens is 1. The normalized spacial score (nSPS) is 11.2. The number of rotatable bonds is 1. The average Bonchev–Trinajstić information content (AvgIpc) is 1.65. The molecule has 0 aromatic rings. The summed E-state index contributed by atoms with van der Waals surface area (Å²) in [7, 11) is 0. The summed E-state index contributed by atoms with van der Waals surface area (Å²) >= 11 is 1.85. The molecule has 0 aromatic heterocycles. The standard InChI is InChI=1S/C2H4IN3/c3-2(1-4)6-5/h1,4H,5H2. The first-order valence-electron chi connectivity index (χ1n) is 1.25. The third-order valence-corrected chi connectivity index (χ3v) is 0.832. The molecule has 0 aliphatic heterocycles. The van der Waals surface area contributed by atoms with Crippen LogP contribution in [0.5, 0.6) is 0 Å². The van der Waals surface area contributed by atoms with E-state index in [4.69, 9.17) is 11.3 Å². The van der Waals surface area contributed by atoms with Crippen molar-refractivity contribution in [3.63, 3.8) is 0 Å². The smallest absolute Gasteiger partial charge is 0.138 e. The molecule has 3 nitrogen and oxygen atoms in total. The van der Waals surface area contributed by atoms with E-state index in [1.165, 1.54) is 0 Å². The van der Waals surface area contributed by atoms with Gasteiger partial charge in [0.1, 0.15) is 3.72 Å². The fourth-order valence-corrected chi connectivity index (χ4v) is 0.0373. The lowest BCUT2D eigenvalue weighted by Crippen LogP contribution is -1.90. The maximum absolute atomic E-state index is 6.47. The van der Waals surface area contributed by atoms with Gasteiger partial charge in [-0.15, -0.1) is 0 Å². The molecule has 0 saturated carbocycles. The third kappa shape index (κ3) is 2.13. The van der Waals surface area contributed by atoms with Gasteiger partial charge in [-0.05, 0) is 22.6 Å². The molecule has 0 fully saturated rings. The van der Waals surface area contributed by atoms with Gasteiger partial charge < -0.3 is 11.3 Å². The van der Waals surface area contributed by atoms with Crippen LogP contribution in [0.3, 0.4) is 0 Å². The van der Waals surface area contributed by atoms with Gasteiger partial charge in [-0.2, -0.15) is 5.10 Å². The van der Waals surface area contributed by atoms with Crippen molar-refractivity contribution in [3.05, 3.63) is 0 Å². The van der Waals surface area contributed by atoms with Crippen molar-refractivity contribution in [1.82, 2.24) is 0 Å². The first kappa shape index (κ1) is 5.87. The predicted molar refractivity (Wildman–Crippen MR) is 34.4 cm³/mol. The van der Waals surface area contributed by atoms with Crippen molar-refractivity contribution in [2.75, 3.05) is 0 Å². The van der Waals surface area contributed by atoms with Crippen LogP contribution in [0, 0.1) is 5.41 Å². The minimum atomic E-state index is 0.507. The van der Waals surface area contributed by atoms with Crippen molar-refractivity contribution in [2.24, 2.45) is 10.9 Å². The van der Waals surface area contributed by atoms with Crippen LogP contribution in [0.1, 0.15) is 0 Å². The van der Waals surface area contributed by atoms with Crippen LogP contribution < -0.4 is 5.84 Å². The van der Waals surface area contributed by atoms with E-state index >= 15 is 0 Å². The molecule has 4 heteroatoms. The highest BCUT2D eigenvalue weighted by Gasteiger charge is 1.75. The fraction of sp³-hybridized carbons (Fsp3) is 0. The van der Waals surface area contributed by atoms with E-state index in [0.29, 0.717) is 3.72 Å². The Balaban J connectivity index is 3.50. The Morgan fingerprint density at radius 3 is 2.50 bits per heavy atom. The Morgan fingerprint density at radius 2 is 2.50 bits per heavy atom. The summed E-state index contributed by atoms with van der Waals surface area (Å²) in [6, 6.07) is 0. The maximum Gasteiger partial charge on any atom is 0.138 e. The highest BCUT2D eigenvalue weighted by Crippen LogP contribution is 1.79. The monoisotopic (exact) mass is 197 g/mol. The molecule has 0 aliphatic carbocycles. The first-order valence-corrected chi connectivity index (χ1v) is 2.33. The number of nitrogens with two attached hydrogens (primary N) is 1. The summed E-state index contributed by atoms with van der Waals surface area (Å²) in [4.78, 5) is 0. The molecule has 0 unspecified atom stereocenters. The predicted octanol–water partition coefficient (Wildman–Crippen LogP) is 0.343. The van der Waals surface area contributed by atoms with Crippen molar-refractivity contribution < 1.29 is 0 Å². The molecular formula is C2H4IN3. The number of hydrogen-bond donors (Lipinski definition) is 2. The van der Waals surface area contributed by atoms with Crippen LogP contribution in [0.25, 0.3) is 0 Å². The number of nitrogens with zero attached hydrogens (tertiary/aromatic N) is 1. The molecule has 0 rings (SSSR count). The van der Waals surface area contributed by atoms with Gasteiger partial charge in [-0.25, -0.2) is 0 Å². The molecule has 0 radical (unpaired) electrons. The Morgan fingerprint density at radius 1 is 2.00 bits per heavy atom. The minimum absolute atomic E-state index is 0.507. The molecule has 3 N–H and O–H groups in total. The van der Waals surface area contributed by atoms with E-state index < -0.39 is 0 Å². The first-order chi connectivity index (χ1) is 2.81. The van der Waals surface area contributed by atoms with Gasteiger partial charge in [-0.3, -0.25) is 0 Å². The zero-order valence-corrected chi connectivity index (χ0v) is 5.14. The van der Waals surface area contributed by atoms with Gasteiger partial charge in [0.15, 0.2) is 0 Å². The topological polar surface area (TPSA) is 62.2 Å². The van der Waals surface area contributed by atoms with Gasteiger partial charge in [0.2, 0.25) is 0 Å². The second kappa shape index (κ2) is 3.08. The summed E-state index contributed by atoms with van der Waals surface area (Å²) in [6.45, 7) is 0. The lowest BCUT2D eigenvalue weighted by molar-refractivity contribution is 1.27. The molecule has 0 heterocycles. The summed E-state index contributed by atoms with van der Waals surface area (Å²) in [6.07, 6.45) is 1.08. The quantitative estimate of drug-likeness (QED) is 0.271. The molecule has 0 aromatic carbocycles. The summed E-state index contributed by atoms with van der Waals surface area (Å²) in [5.41, 5.74) is 0. The number of hydrazone groups is 1. The zero-order valence-electron chi connectivity index (χ0n) is 2.98. The van der Waals surface area contributed by atoms with E-state index in [2.05, 4.69) is 5.10 Å². The van der Waals surface area contributed by atoms with Gasteiger partial charge in [0.05, 0.1) is 6.21 Å².